The van der Waals surface area contributed by atoms with Gasteiger partial charge in [-0.15, -0.1) is 0 Å². The van der Waals surface area contributed by atoms with Crippen molar-refractivity contribution in [2.24, 2.45) is 5.92 Å². The van der Waals surface area contributed by atoms with Crippen molar-refractivity contribution in [2.75, 3.05) is 13.6 Å². The third-order valence-electron chi connectivity index (χ3n) is 4.84. The lowest BCUT2D eigenvalue weighted by Crippen LogP contribution is -2.42. The largest absolute Gasteiger partial charge is 0.353 e. The molecule has 1 saturated carbocycles. The Labute approximate surface area is 134 Å². The zero-order chi connectivity index (χ0) is 16.4. The number of carbonyl (C=O) groups excluding carboxylic acids is 2. The first-order chi connectivity index (χ1) is 11.0. The Hall–Kier alpha value is -2.18. The number of amides is 2. The van der Waals surface area contributed by atoms with E-state index in [-0.39, 0.29) is 35.4 Å². The van der Waals surface area contributed by atoms with Crippen LogP contribution >= 0.6 is 0 Å². The van der Waals surface area contributed by atoms with Gasteiger partial charge in [0.15, 0.2) is 0 Å². The second-order valence-corrected chi connectivity index (χ2v) is 6.50. The van der Waals surface area contributed by atoms with Crippen molar-refractivity contribution in [2.45, 2.75) is 44.2 Å². The summed E-state index contributed by atoms with van der Waals surface area (Å²) in [6.07, 6.45) is 5.24. The fourth-order valence-corrected chi connectivity index (χ4v) is 3.47. The summed E-state index contributed by atoms with van der Waals surface area (Å²) < 4.78 is 1.54. The molecule has 1 aliphatic carbocycles. The van der Waals surface area contributed by atoms with Gasteiger partial charge in [0, 0.05) is 38.3 Å². The number of nitrogens with one attached hydrogen (secondary N) is 1. The smallest absolute Gasteiger partial charge is 0.266 e. The van der Waals surface area contributed by atoms with Crippen molar-refractivity contribution in [1.29, 1.82) is 0 Å². The van der Waals surface area contributed by atoms with Gasteiger partial charge in [-0.3, -0.25) is 14.4 Å². The zero-order valence-corrected chi connectivity index (χ0v) is 13.3. The lowest BCUT2D eigenvalue weighted by atomic mass is 9.90. The van der Waals surface area contributed by atoms with E-state index in [1.807, 2.05) is 0 Å². The van der Waals surface area contributed by atoms with Crippen molar-refractivity contribution in [3.8, 4) is 0 Å². The topological polar surface area (TPSA) is 84.3 Å². The van der Waals surface area contributed by atoms with Crippen LogP contribution in [-0.2, 0) is 9.59 Å². The molecule has 124 valence electrons. The van der Waals surface area contributed by atoms with E-state index in [9.17, 15) is 14.4 Å². The van der Waals surface area contributed by atoms with Crippen LogP contribution in [0.25, 0.3) is 0 Å². The molecule has 2 fully saturated rings. The van der Waals surface area contributed by atoms with Gasteiger partial charge in [-0.05, 0) is 31.7 Å². The van der Waals surface area contributed by atoms with Gasteiger partial charge < -0.3 is 10.2 Å². The Morgan fingerprint density at radius 3 is 2.61 bits per heavy atom. The van der Waals surface area contributed by atoms with E-state index in [1.54, 1.807) is 28.9 Å². The van der Waals surface area contributed by atoms with Crippen LogP contribution in [0.4, 0.5) is 0 Å². The molecule has 23 heavy (non-hydrogen) atoms. The van der Waals surface area contributed by atoms with Crippen molar-refractivity contribution < 1.29 is 9.59 Å². The molecular formula is C16H22N4O3. The Morgan fingerprint density at radius 2 is 2.00 bits per heavy atom. The molecule has 1 saturated heterocycles. The van der Waals surface area contributed by atoms with E-state index in [1.165, 1.54) is 6.07 Å². The Morgan fingerprint density at radius 1 is 1.26 bits per heavy atom. The number of hydrogen-bond donors (Lipinski definition) is 1. The number of aromatic nitrogens is 2. The van der Waals surface area contributed by atoms with E-state index < -0.39 is 0 Å². The maximum atomic E-state index is 12.3. The molecule has 7 heteroatoms. The predicted molar refractivity (Wildman–Crippen MR) is 83.7 cm³/mol. The number of likely N-dealkylation sites (tertiary alicyclic amines) is 1. The molecule has 1 unspecified atom stereocenters. The van der Waals surface area contributed by atoms with Crippen LogP contribution in [0.3, 0.4) is 0 Å². The molecule has 1 atom stereocenters. The highest BCUT2D eigenvalue weighted by Gasteiger charge is 2.33. The molecule has 0 bridgehead atoms. The average Bonchev–Trinajstić information content (AvgIpc) is 2.88. The lowest BCUT2D eigenvalue weighted by molar-refractivity contribution is -0.128. The number of hydrogen-bond acceptors (Lipinski definition) is 4. The number of carbonyl (C=O) groups is 2. The fourth-order valence-electron chi connectivity index (χ4n) is 3.47. The van der Waals surface area contributed by atoms with Gasteiger partial charge in [0.1, 0.15) is 0 Å². The lowest BCUT2D eigenvalue weighted by Gasteiger charge is -2.30. The molecule has 2 amide bonds. The number of nitrogens with zero attached hydrogens (tertiary/aromatic N) is 3. The fraction of sp³-hybridized carbons (Fsp3) is 0.625. The van der Waals surface area contributed by atoms with Crippen molar-refractivity contribution in [1.82, 2.24) is 20.0 Å². The summed E-state index contributed by atoms with van der Waals surface area (Å²) in [4.78, 5) is 37.2. The molecule has 2 heterocycles. The monoisotopic (exact) mass is 318 g/mol. The zero-order valence-electron chi connectivity index (χ0n) is 13.3. The first kappa shape index (κ1) is 15.7. The van der Waals surface area contributed by atoms with Crippen LogP contribution < -0.4 is 10.9 Å². The first-order valence-electron chi connectivity index (χ1n) is 8.13. The highest BCUT2D eigenvalue weighted by atomic mass is 16.2. The molecular weight excluding hydrogens is 296 g/mol. The molecule has 3 rings (SSSR count). The van der Waals surface area contributed by atoms with Gasteiger partial charge in [-0.25, -0.2) is 4.68 Å². The van der Waals surface area contributed by atoms with Gasteiger partial charge in [0.25, 0.3) is 5.56 Å². The van der Waals surface area contributed by atoms with E-state index >= 15 is 0 Å². The highest BCUT2D eigenvalue weighted by Crippen LogP contribution is 2.27. The summed E-state index contributed by atoms with van der Waals surface area (Å²) in [5.41, 5.74) is -0.0764. The third kappa shape index (κ3) is 3.43. The van der Waals surface area contributed by atoms with Crippen LogP contribution in [0.15, 0.2) is 23.1 Å². The quantitative estimate of drug-likeness (QED) is 0.870. The highest BCUT2D eigenvalue weighted by molar-refractivity contribution is 5.89. The van der Waals surface area contributed by atoms with Gasteiger partial charge in [0.2, 0.25) is 11.8 Å². The molecule has 1 N–H and O–H groups in total. The second-order valence-electron chi connectivity index (χ2n) is 6.50. The van der Waals surface area contributed by atoms with Crippen molar-refractivity contribution in [3.05, 3.63) is 28.7 Å². The summed E-state index contributed by atoms with van der Waals surface area (Å²) in [7, 11) is 1.73. The van der Waals surface area contributed by atoms with Gasteiger partial charge >= 0.3 is 0 Å². The number of rotatable bonds is 3. The molecule has 0 spiro atoms. The van der Waals surface area contributed by atoms with Crippen molar-refractivity contribution >= 4 is 11.8 Å². The molecule has 1 aromatic rings. The molecule has 2 aliphatic rings. The molecule has 7 nitrogen and oxygen atoms in total. The van der Waals surface area contributed by atoms with Crippen LogP contribution in [-0.4, -0.2) is 46.1 Å². The molecule has 0 radical (unpaired) electrons. The standard InChI is InChI=1S/C16H22N4O3/c1-19-10-11(9-15(19)22)16(23)18-12-4-6-13(7-5-12)20-14(21)3-2-8-17-20/h2-3,8,11-13H,4-7,9-10H2,1H3,(H,18,23). The molecule has 1 aliphatic heterocycles. The summed E-state index contributed by atoms with van der Waals surface area (Å²) >= 11 is 0. The molecule has 0 aromatic carbocycles. The predicted octanol–water partition coefficient (Wildman–Crippen LogP) is 0.321. The maximum absolute atomic E-state index is 12.3. The van der Waals surface area contributed by atoms with E-state index in [0.717, 1.165) is 25.7 Å². The average molecular weight is 318 g/mol. The summed E-state index contributed by atoms with van der Waals surface area (Å²) in [5.74, 6) is -0.229. The van der Waals surface area contributed by atoms with E-state index in [4.69, 9.17) is 0 Å². The Kier molecular flexibility index (Phi) is 4.45. The molecule has 1 aromatic heterocycles. The van der Waals surface area contributed by atoms with Crippen LogP contribution in [0.2, 0.25) is 0 Å². The summed E-state index contributed by atoms with van der Waals surface area (Å²) in [6, 6.07) is 3.40. The Bertz CT molecular complexity index is 649. The van der Waals surface area contributed by atoms with Crippen molar-refractivity contribution in [3.63, 3.8) is 0 Å². The minimum atomic E-state index is -0.233. The SMILES string of the molecule is CN1CC(C(=O)NC2CCC(n3ncccc3=O)CC2)CC1=O. The van der Waals surface area contributed by atoms with E-state index in [2.05, 4.69) is 10.4 Å². The van der Waals surface area contributed by atoms with Crippen LogP contribution in [0.1, 0.15) is 38.1 Å². The summed E-state index contributed by atoms with van der Waals surface area (Å²) in [5, 5.41) is 7.20. The minimum Gasteiger partial charge on any atom is -0.353 e. The minimum absolute atomic E-state index is 0.0267. The van der Waals surface area contributed by atoms with Gasteiger partial charge in [-0.1, -0.05) is 0 Å². The maximum Gasteiger partial charge on any atom is 0.266 e. The van der Waals surface area contributed by atoms with Crippen LogP contribution in [0.5, 0.6) is 0 Å². The second kappa shape index (κ2) is 6.52. The normalized spacial score (nSPS) is 28.0. The first-order valence-corrected chi connectivity index (χ1v) is 8.13. The van der Waals surface area contributed by atoms with Crippen LogP contribution in [0, 0.1) is 5.92 Å². The Balaban J connectivity index is 1.52. The van der Waals surface area contributed by atoms with Gasteiger partial charge in [0.05, 0.1) is 12.0 Å². The third-order valence-corrected chi connectivity index (χ3v) is 4.84. The van der Waals surface area contributed by atoms with E-state index in [0.29, 0.717) is 13.0 Å². The summed E-state index contributed by atoms with van der Waals surface area (Å²) in [6.45, 7) is 0.503. The van der Waals surface area contributed by atoms with Gasteiger partial charge in [-0.2, -0.15) is 5.10 Å².